The first kappa shape index (κ1) is 18.0. The highest BCUT2D eigenvalue weighted by Gasteiger charge is 2.50. The lowest BCUT2D eigenvalue weighted by Gasteiger charge is -2.32. The van der Waals surface area contributed by atoms with Crippen LogP contribution in [0.2, 0.25) is 0 Å². The number of amides is 4. The molecule has 7 nitrogen and oxygen atoms in total. The van der Waals surface area contributed by atoms with Crippen LogP contribution in [0.25, 0.3) is 0 Å². The van der Waals surface area contributed by atoms with Gasteiger partial charge in [0, 0.05) is 13.1 Å². The molecule has 2 fully saturated rings. The summed E-state index contributed by atoms with van der Waals surface area (Å²) in [4.78, 5) is 40.8. The topological polar surface area (TPSA) is 79.0 Å². The molecule has 0 spiro atoms. The molecule has 1 aromatic rings. The van der Waals surface area contributed by atoms with Crippen LogP contribution in [0.3, 0.4) is 0 Å². The van der Waals surface area contributed by atoms with E-state index in [2.05, 4.69) is 5.32 Å². The molecule has 2 heterocycles. The Morgan fingerprint density at radius 1 is 1.30 bits per heavy atom. The van der Waals surface area contributed by atoms with Crippen molar-refractivity contribution in [1.29, 1.82) is 0 Å². The molecule has 1 aliphatic carbocycles. The number of aryl methyl sites for hydroxylation is 2. The molecule has 1 aromatic carbocycles. The summed E-state index contributed by atoms with van der Waals surface area (Å²) >= 11 is 0. The zero-order chi connectivity index (χ0) is 19.2. The van der Waals surface area contributed by atoms with E-state index in [0.717, 1.165) is 29.7 Å². The molecule has 4 rings (SSSR count). The minimum absolute atomic E-state index is 0.0394. The zero-order valence-electron chi connectivity index (χ0n) is 15.8. The van der Waals surface area contributed by atoms with Crippen LogP contribution >= 0.6 is 0 Å². The molecule has 7 heteroatoms. The number of morpholine rings is 1. The van der Waals surface area contributed by atoms with Crippen LogP contribution in [0.5, 0.6) is 0 Å². The molecule has 3 aliphatic rings. The number of urea groups is 1. The van der Waals surface area contributed by atoms with E-state index in [1.165, 1.54) is 11.1 Å². The number of benzene rings is 1. The van der Waals surface area contributed by atoms with Crippen molar-refractivity contribution in [3.05, 3.63) is 34.9 Å². The summed E-state index contributed by atoms with van der Waals surface area (Å²) in [6, 6.07) is 5.47. The smallest absolute Gasteiger partial charge is 0.325 e. The number of carbonyl (C=O) groups excluding carboxylic acids is 3. The highest BCUT2D eigenvalue weighted by Crippen LogP contribution is 2.32. The first-order chi connectivity index (χ1) is 12.9. The molecule has 0 saturated carbocycles. The second-order valence-electron chi connectivity index (χ2n) is 7.80. The Morgan fingerprint density at radius 2 is 2.07 bits per heavy atom. The first-order valence-electron chi connectivity index (χ1n) is 9.54. The van der Waals surface area contributed by atoms with Crippen LogP contribution in [-0.2, 0) is 32.7 Å². The fraction of sp³-hybridized carbons (Fsp3) is 0.550. The molecule has 2 atom stereocenters. The van der Waals surface area contributed by atoms with Gasteiger partial charge >= 0.3 is 6.03 Å². The van der Waals surface area contributed by atoms with Crippen LogP contribution in [0.15, 0.2) is 18.2 Å². The monoisotopic (exact) mass is 371 g/mol. The minimum atomic E-state index is -1.13. The third-order valence-corrected chi connectivity index (χ3v) is 5.84. The fourth-order valence-electron chi connectivity index (χ4n) is 4.20. The van der Waals surface area contributed by atoms with Crippen molar-refractivity contribution < 1.29 is 19.1 Å². The number of nitrogens with one attached hydrogen (secondary N) is 1. The summed E-state index contributed by atoms with van der Waals surface area (Å²) < 4.78 is 5.44. The number of hydrogen-bond donors (Lipinski definition) is 1. The second kappa shape index (κ2) is 6.64. The Morgan fingerprint density at radius 3 is 2.85 bits per heavy atom. The van der Waals surface area contributed by atoms with Gasteiger partial charge < -0.3 is 15.0 Å². The maximum Gasteiger partial charge on any atom is 0.325 e. The number of imide groups is 1. The van der Waals surface area contributed by atoms with Crippen molar-refractivity contribution in [2.45, 2.75) is 44.8 Å². The average Bonchev–Trinajstić information content (AvgIpc) is 3.20. The molecule has 1 N–H and O–H groups in total. The fourth-order valence-corrected chi connectivity index (χ4v) is 4.20. The quantitative estimate of drug-likeness (QED) is 0.810. The van der Waals surface area contributed by atoms with Gasteiger partial charge in [-0.05, 0) is 49.8 Å². The standard InChI is InChI=1S/C20H25N3O4/c1-13-11-22(8-9-27-13)17(24)12-23-18(25)20(2,21-19(23)26)16-7-6-14-4-3-5-15(14)10-16/h6-7,10,13H,3-5,8-9,11-12H2,1-2H3,(H,21,26). The molecular formula is C20H25N3O4. The number of fused-ring (bicyclic) bond motifs is 1. The number of nitrogens with zero attached hydrogens (tertiary/aromatic N) is 2. The summed E-state index contributed by atoms with van der Waals surface area (Å²) in [6.45, 7) is 4.81. The number of hydrogen-bond acceptors (Lipinski definition) is 4. The maximum atomic E-state index is 13.1. The van der Waals surface area contributed by atoms with E-state index in [-0.39, 0.29) is 24.5 Å². The third kappa shape index (κ3) is 3.10. The number of rotatable bonds is 3. The van der Waals surface area contributed by atoms with Gasteiger partial charge in [-0.25, -0.2) is 4.79 Å². The van der Waals surface area contributed by atoms with Crippen LogP contribution in [0.4, 0.5) is 4.79 Å². The molecule has 2 unspecified atom stereocenters. The van der Waals surface area contributed by atoms with E-state index in [1.807, 2.05) is 25.1 Å². The summed E-state index contributed by atoms with van der Waals surface area (Å²) in [5, 5.41) is 2.80. The Balaban J connectivity index is 1.52. The van der Waals surface area contributed by atoms with Crippen molar-refractivity contribution in [3.8, 4) is 0 Å². The van der Waals surface area contributed by atoms with Gasteiger partial charge in [-0.15, -0.1) is 0 Å². The van der Waals surface area contributed by atoms with Gasteiger partial charge in [-0.3, -0.25) is 14.5 Å². The van der Waals surface area contributed by atoms with Crippen molar-refractivity contribution in [2.75, 3.05) is 26.2 Å². The molecule has 0 bridgehead atoms. The van der Waals surface area contributed by atoms with E-state index in [0.29, 0.717) is 19.7 Å². The van der Waals surface area contributed by atoms with Gasteiger partial charge in [0.15, 0.2) is 0 Å². The lowest BCUT2D eigenvalue weighted by molar-refractivity contribution is -0.143. The zero-order valence-corrected chi connectivity index (χ0v) is 15.8. The lowest BCUT2D eigenvalue weighted by Crippen LogP contribution is -2.49. The van der Waals surface area contributed by atoms with Gasteiger partial charge in [0.05, 0.1) is 12.7 Å². The number of ether oxygens (including phenoxy) is 1. The van der Waals surface area contributed by atoms with Crippen molar-refractivity contribution >= 4 is 17.8 Å². The van der Waals surface area contributed by atoms with Gasteiger partial charge in [0.2, 0.25) is 5.91 Å². The Labute approximate surface area is 158 Å². The summed E-state index contributed by atoms with van der Waals surface area (Å²) in [5.74, 6) is -0.605. The van der Waals surface area contributed by atoms with Gasteiger partial charge in [-0.2, -0.15) is 0 Å². The second-order valence-corrected chi connectivity index (χ2v) is 7.80. The summed E-state index contributed by atoms with van der Waals surface area (Å²) in [7, 11) is 0. The van der Waals surface area contributed by atoms with E-state index >= 15 is 0 Å². The molecular weight excluding hydrogens is 346 g/mol. The van der Waals surface area contributed by atoms with Crippen molar-refractivity contribution in [1.82, 2.24) is 15.1 Å². The Hall–Kier alpha value is -2.41. The molecule has 144 valence electrons. The van der Waals surface area contributed by atoms with Crippen molar-refractivity contribution in [2.24, 2.45) is 0 Å². The highest BCUT2D eigenvalue weighted by molar-refractivity contribution is 6.09. The predicted molar refractivity (Wildman–Crippen MR) is 98.1 cm³/mol. The van der Waals surface area contributed by atoms with Gasteiger partial charge in [-0.1, -0.05) is 18.2 Å². The third-order valence-electron chi connectivity index (χ3n) is 5.84. The molecule has 27 heavy (non-hydrogen) atoms. The van der Waals surface area contributed by atoms with E-state index in [4.69, 9.17) is 4.74 Å². The normalized spacial score (nSPS) is 27.7. The molecule has 0 aromatic heterocycles. The Bertz CT molecular complexity index is 808. The Kier molecular flexibility index (Phi) is 4.42. The number of carbonyl (C=O) groups is 3. The average molecular weight is 371 g/mol. The lowest BCUT2D eigenvalue weighted by atomic mass is 9.89. The minimum Gasteiger partial charge on any atom is -0.375 e. The molecule has 0 radical (unpaired) electrons. The SMILES string of the molecule is CC1CN(C(=O)CN2C(=O)NC(C)(c3ccc4c(c3)CCC4)C2=O)CCO1. The van der Waals surface area contributed by atoms with Gasteiger partial charge in [0.1, 0.15) is 12.1 Å². The van der Waals surface area contributed by atoms with E-state index < -0.39 is 11.6 Å². The molecule has 4 amide bonds. The largest absolute Gasteiger partial charge is 0.375 e. The summed E-state index contributed by atoms with van der Waals surface area (Å²) in [5.41, 5.74) is 2.20. The van der Waals surface area contributed by atoms with E-state index in [9.17, 15) is 14.4 Å². The van der Waals surface area contributed by atoms with Gasteiger partial charge in [0.25, 0.3) is 5.91 Å². The van der Waals surface area contributed by atoms with Crippen LogP contribution < -0.4 is 5.32 Å². The van der Waals surface area contributed by atoms with Crippen LogP contribution in [0, 0.1) is 0 Å². The molecule has 2 aliphatic heterocycles. The van der Waals surface area contributed by atoms with E-state index in [1.54, 1.807) is 11.8 Å². The summed E-state index contributed by atoms with van der Waals surface area (Å²) in [6.07, 6.45) is 3.14. The van der Waals surface area contributed by atoms with Crippen LogP contribution in [0.1, 0.15) is 37.0 Å². The highest BCUT2D eigenvalue weighted by atomic mass is 16.5. The van der Waals surface area contributed by atoms with Crippen molar-refractivity contribution in [3.63, 3.8) is 0 Å². The first-order valence-corrected chi connectivity index (χ1v) is 9.54. The van der Waals surface area contributed by atoms with Crippen LogP contribution in [-0.4, -0.2) is 60.0 Å². The molecule has 2 saturated heterocycles. The predicted octanol–water partition coefficient (Wildman–Crippen LogP) is 1.19. The maximum absolute atomic E-state index is 13.1.